The van der Waals surface area contributed by atoms with E-state index in [0.29, 0.717) is 16.9 Å². The van der Waals surface area contributed by atoms with Crippen molar-refractivity contribution in [1.29, 1.82) is 0 Å². The molecule has 0 aromatic heterocycles. The van der Waals surface area contributed by atoms with Crippen LogP contribution in [0.1, 0.15) is 24.2 Å². The Hall–Kier alpha value is -1.85. The molecule has 0 aliphatic rings. The Kier molecular flexibility index (Phi) is 4.65. The van der Waals surface area contributed by atoms with E-state index in [1.54, 1.807) is 55.5 Å². The van der Waals surface area contributed by atoms with Gasteiger partial charge in [-0.2, -0.15) is 0 Å². The zero-order valence-electron chi connectivity index (χ0n) is 12.0. The number of rotatable bonds is 5. The van der Waals surface area contributed by atoms with Crippen molar-refractivity contribution < 1.29 is 18.3 Å². The number of aliphatic hydroxyl groups excluding tert-OH is 1. The van der Waals surface area contributed by atoms with E-state index < -0.39 is 15.9 Å². The molecule has 1 unspecified atom stereocenters. The number of hydrogen-bond donors (Lipinski definition) is 1. The van der Waals surface area contributed by atoms with E-state index in [-0.39, 0.29) is 10.6 Å². The van der Waals surface area contributed by atoms with Crippen LogP contribution in [0, 0.1) is 0 Å². The molecule has 112 valence electrons. The molecule has 0 amide bonds. The fraction of sp³-hybridized carbons (Fsp3) is 0.250. The van der Waals surface area contributed by atoms with Gasteiger partial charge in [0.15, 0.2) is 9.84 Å². The average molecular weight is 306 g/mol. The largest absolute Gasteiger partial charge is 0.496 e. The van der Waals surface area contributed by atoms with Gasteiger partial charge in [-0.1, -0.05) is 24.3 Å². The highest BCUT2D eigenvalue weighted by Gasteiger charge is 2.18. The molecule has 0 radical (unpaired) electrons. The maximum Gasteiger partial charge on any atom is 0.182 e. The van der Waals surface area contributed by atoms with Gasteiger partial charge in [0.1, 0.15) is 5.75 Å². The molecule has 1 atom stereocenters. The number of benzene rings is 2. The molecule has 2 aromatic carbocycles. The van der Waals surface area contributed by atoms with Crippen molar-refractivity contribution in [1.82, 2.24) is 0 Å². The second-order valence-corrected chi connectivity index (χ2v) is 6.81. The lowest BCUT2D eigenvalue weighted by atomic mass is 10.1. The molecule has 0 heterocycles. The SMILES string of the molecule is COc1ccc(C(C)O)cc1CS(=O)(=O)c1ccccc1. The minimum atomic E-state index is -3.45. The second-order valence-electron chi connectivity index (χ2n) is 4.82. The van der Waals surface area contributed by atoms with Crippen LogP contribution in [0.2, 0.25) is 0 Å². The third kappa shape index (κ3) is 3.62. The third-order valence-corrected chi connectivity index (χ3v) is 4.92. The predicted molar refractivity (Wildman–Crippen MR) is 81.0 cm³/mol. The highest BCUT2D eigenvalue weighted by molar-refractivity contribution is 7.90. The van der Waals surface area contributed by atoms with Crippen molar-refractivity contribution in [3.63, 3.8) is 0 Å². The first kappa shape index (κ1) is 15.5. The fourth-order valence-electron chi connectivity index (χ4n) is 2.09. The number of sulfone groups is 1. The molecule has 0 aliphatic carbocycles. The Balaban J connectivity index is 2.40. The summed E-state index contributed by atoms with van der Waals surface area (Å²) >= 11 is 0. The van der Waals surface area contributed by atoms with Gasteiger partial charge in [-0.05, 0) is 36.8 Å². The van der Waals surface area contributed by atoms with Crippen LogP contribution >= 0.6 is 0 Å². The van der Waals surface area contributed by atoms with Gasteiger partial charge < -0.3 is 9.84 Å². The van der Waals surface area contributed by atoms with Gasteiger partial charge in [0.05, 0.1) is 23.9 Å². The summed E-state index contributed by atoms with van der Waals surface area (Å²) in [4.78, 5) is 0.273. The molecular formula is C16H18O4S. The van der Waals surface area contributed by atoms with Crippen LogP contribution < -0.4 is 4.74 Å². The van der Waals surface area contributed by atoms with Crippen LogP contribution in [0.4, 0.5) is 0 Å². The molecule has 4 nitrogen and oxygen atoms in total. The van der Waals surface area contributed by atoms with Crippen molar-refractivity contribution in [2.24, 2.45) is 0 Å². The maximum absolute atomic E-state index is 12.4. The van der Waals surface area contributed by atoms with Gasteiger partial charge in [0, 0.05) is 5.56 Å². The number of methoxy groups -OCH3 is 1. The van der Waals surface area contributed by atoms with Crippen molar-refractivity contribution >= 4 is 9.84 Å². The van der Waals surface area contributed by atoms with E-state index in [0.717, 1.165) is 0 Å². The first-order chi connectivity index (χ1) is 9.94. The van der Waals surface area contributed by atoms with Gasteiger partial charge in [0.2, 0.25) is 0 Å². The Bertz CT molecular complexity index is 706. The topological polar surface area (TPSA) is 63.6 Å². The lowest BCUT2D eigenvalue weighted by Crippen LogP contribution is -2.07. The Morgan fingerprint density at radius 2 is 1.81 bits per heavy atom. The first-order valence-electron chi connectivity index (χ1n) is 6.57. The smallest absolute Gasteiger partial charge is 0.182 e. The van der Waals surface area contributed by atoms with Gasteiger partial charge in [-0.25, -0.2) is 8.42 Å². The van der Waals surface area contributed by atoms with Crippen molar-refractivity contribution in [3.05, 3.63) is 59.7 Å². The standard InChI is InChI=1S/C16H18O4S/c1-12(17)13-8-9-16(20-2)14(10-13)11-21(18,19)15-6-4-3-5-7-15/h3-10,12,17H,11H2,1-2H3. The Morgan fingerprint density at radius 3 is 2.38 bits per heavy atom. The molecule has 2 aromatic rings. The molecule has 0 saturated heterocycles. The fourth-order valence-corrected chi connectivity index (χ4v) is 3.46. The van der Waals surface area contributed by atoms with E-state index in [2.05, 4.69) is 0 Å². The highest BCUT2D eigenvalue weighted by Crippen LogP contribution is 2.27. The van der Waals surface area contributed by atoms with Crippen LogP contribution in [-0.2, 0) is 15.6 Å². The summed E-state index contributed by atoms with van der Waals surface area (Å²) < 4.78 is 30.1. The summed E-state index contributed by atoms with van der Waals surface area (Å²) in [7, 11) is -1.95. The number of hydrogen-bond acceptors (Lipinski definition) is 4. The van der Waals surface area contributed by atoms with Gasteiger partial charge in [-0.3, -0.25) is 0 Å². The molecule has 2 rings (SSSR count). The maximum atomic E-state index is 12.4. The monoisotopic (exact) mass is 306 g/mol. The molecule has 0 aliphatic heterocycles. The molecule has 21 heavy (non-hydrogen) atoms. The van der Waals surface area contributed by atoms with Crippen LogP contribution in [0.5, 0.6) is 5.75 Å². The van der Waals surface area contributed by atoms with Gasteiger partial charge in [-0.15, -0.1) is 0 Å². The summed E-state index contributed by atoms with van der Waals surface area (Å²) in [6, 6.07) is 13.4. The van der Waals surface area contributed by atoms with Crippen LogP contribution in [-0.4, -0.2) is 20.6 Å². The molecule has 5 heteroatoms. The van der Waals surface area contributed by atoms with Gasteiger partial charge >= 0.3 is 0 Å². The van der Waals surface area contributed by atoms with E-state index in [4.69, 9.17) is 4.74 Å². The highest BCUT2D eigenvalue weighted by atomic mass is 32.2. The van der Waals surface area contributed by atoms with E-state index in [1.807, 2.05) is 0 Å². The molecule has 0 bridgehead atoms. The summed E-state index contributed by atoms with van der Waals surface area (Å²) in [5.41, 5.74) is 1.20. The minimum Gasteiger partial charge on any atom is -0.496 e. The van der Waals surface area contributed by atoms with Crippen LogP contribution in [0.25, 0.3) is 0 Å². The second kappa shape index (κ2) is 6.28. The number of aliphatic hydroxyl groups is 1. The van der Waals surface area contributed by atoms with E-state index in [1.165, 1.54) is 7.11 Å². The summed E-state index contributed by atoms with van der Waals surface area (Å²) in [6.45, 7) is 1.64. The van der Waals surface area contributed by atoms with Crippen molar-refractivity contribution in [3.8, 4) is 5.75 Å². The Labute approximate surface area is 124 Å². The average Bonchev–Trinajstić information content (AvgIpc) is 2.47. The third-order valence-electron chi connectivity index (χ3n) is 3.23. The lowest BCUT2D eigenvalue weighted by Gasteiger charge is -2.13. The quantitative estimate of drug-likeness (QED) is 0.922. The molecule has 0 fully saturated rings. The van der Waals surface area contributed by atoms with Crippen LogP contribution in [0.15, 0.2) is 53.4 Å². The minimum absolute atomic E-state index is 0.166. The molecular weight excluding hydrogens is 288 g/mol. The predicted octanol–water partition coefficient (Wildman–Crippen LogP) is 2.72. The summed E-state index contributed by atoms with van der Waals surface area (Å²) in [5, 5.41) is 9.64. The first-order valence-corrected chi connectivity index (χ1v) is 8.22. The Morgan fingerprint density at radius 1 is 1.14 bits per heavy atom. The van der Waals surface area contributed by atoms with E-state index >= 15 is 0 Å². The van der Waals surface area contributed by atoms with E-state index in [9.17, 15) is 13.5 Å². The lowest BCUT2D eigenvalue weighted by molar-refractivity contribution is 0.199. The summed E-state index contributed by atoms with van der Waals surface area (Å²) in [6.07, 6.45) is -0.658. The van der Waals surface area contributed by atoms with Crippen molar-refractivity contribution in [2.75, 3.05) is 7.11 Å². The van der Waals surface area contributed by atoms with Crippen LogP contribution in [0.3, 0.4) is 0 Å². The molecule has 0 saturated carbocycles. The molecule has 0 spiro atoms. The normalized spacial score (nSPS) is 12.9. The van der Waals surface area contributed by atoms with Gasteiger partial charge in [0.25, 0.3) is 0 Å². The molecule has 1 N–H and O–H groups in total. The zero-order chi connectivity index (χ0) is 15.5. The summed E-state index contributed by atoms with van der Waals surface area (Å²) in [5.74, 6) is 0.333. The number of ether oxygens (including phenoxy) is 1. The zero-order valence-corrected chi connectivity index (χ0v) is 12.8. The van der Waals surface area contributed by atoms with Crippen molar-refractivity contribution in [2.45, 2.75) is 23.7 Å².